The zero-order valence-corrected chi connectivity index (χ0v) is 17.4. The molecule has 0 radical (unpaired) electrons. The summed E-state index contributed by atoms with van der Waals surface area (Å²) in [5.74, 6) is 0.318. The molecular weight excluding hydrogens is 475 g/mol. The molecule has 1 amide bonds. The van der Waals surface area contributed by atoms with E-state index in [0.29, 0.717) is 22.0 Å². The molecule has 0 saturated carbocycles. The van der Waals surface area contributed by atoms with Crippen LogP contribution in [0.1, 0.15) is 15.9 Å². The van der Waals surface area contributed by atoms with Crippen molar-refractivity contribution in [1.29, 1.82) is 0 Å². The molecule has 30 heavy (non-hydrogen) atoms. The molecule has 2 rings (SSSR count). The molecule has 2 N–H and O–H groups in total. The third-order valence-electron chi connectivity index (χ3n) is 3.96. The first-order valence-corrected chi connectivity index (χ1v) is 9.17. The normalized spacial score (nSPS) is 11.0. The molecule has 2 aromatic rings. The highest BCUT2D eigenvalue weighted by Gasteiger charge is 2.33. The van der Waals surface area contributed by atoms with Crippen LogP contribution in [0.25, 0.3) is 0 Å². The van der Waals surface area contributed by atoms with Crippen LogP contribution in [0.3, 0.4) is 0 Å². The van der Waals surface area contributed by atoms with Gasteiger partial charge >= 0.3 is 6.18 Å². The van der Waals surface area contributed by atoms with Crippen LogP contribution in [-0.2, 0) is 6.18 Å². The van der Waals surface area contributed by atoms with Crippen molar-refractivity contribution in [2.75, 3.05) is 32.6 Å². The molecular formula is C18H17BrF3N3O5. The smallest absolute Gasteiger partial charge is 0.416 e. The molecule has 0 fully saturated rings. The number of hydrogen-bond donors (Lipinski definition) is 2. The molecule has 12 heteroatoms. The second-order valence-corrected chi connectivity index (χ2v) is 6.66. The highest BCUT2D eigenvalue weighted by Crippen LogP contribution is 2.36. The van der Waals surface area contributed by atoms with Crippen LogP contribution < -0.4 is 20.1 Å². The minimum Gasteiger partial charge on any atom is -0.495 e. The molecule has 2 aromatic carbocycles. The van der Waals surface area contributed by atoms with E-state index in [1.807, 2.05) is 0 Å². The fourth-order valence-corrected chi connectivity index (χ4v) is 3.04. The van der Waals surface area contributed by atoms with E-state index in [1.54, 1.807) is 0 Å². The van der Waals surface area contributed by atoms with E-state index in [-0.39, 0.29) is 24.3 Å². The number of alkyl halides is 3. The van der Waals surface area contributed by atoms with Crippen LogP contribution >= 0.6 is 15.9 Å². The number of rotatable bonds is 8. The first-order valence-electron chi connectivity index (χ1n) is 8.37. The van der Waals surface area contributed by atoms with Gasteiger partial charge < -0.3 is 20.1 Å². The molecule has 0 aliphatic heterocycles. The van der Waals surface area contributed by atoms with Crippen LogP contribution in [-0.4, -0.2) is 38.1 Å². The van der Waals surface area contributed by atoms with Crippen molar-refractivity contribution in [1.82, 2.24) is 5.32 Å². The van der Waals surface area contributed by atoms with Crippen molar-refractivity contribution < 1.29 is 32.4 Å². The summed E-state index contributed by atoms with van der Waals surface area (Å²) in [6.45, 7) is 0.0977. The Hall–Kier alpha value is -3.02. The Morgan fingerprint density at radius 1 is 1.13 bits per heavy atom. The van der Waals surface area contributed by atoms with Crippen LogP contribution in [0, 0.1) is 10.1 Å². The Kier molecular flexibility index (Phi) is 7.48. The van der Waals surface area contributed by atoms with Crippen molar-refractivity contribution in [3.8, 4) is 11.5 Å². The number of ether oxygens (including phenoxy) is 2. The van der Waals surface area contributed by atoms with Gasteiger partial charge in [-0.1, -0.05) is 0 Å². The quantitative estimate of drug-likeness (QED) is 0.325. The van der Waals surface area contributed by atoms with Crippen LogP contribution in [0.5, 0.6) is 11.5 Å². The maximum atomic E-state index is 12.7. The SMILES string of the molecule is COc1cc(C(=O)NCCNc2ccc(C(F)(F)F)cc2[N+](=O)[O-])cc(OC)c1Br. The first kappa shape index (κ1) is 23.3. The number of nitrogens with zero attached hydrogens (tertiary/aromatic N) is 1. The lowest BCUT2D eigenvalue weighted by Crippen LogP contribution is -2.29. The highest BCUT2D eigenvalue weighted by atomic mass is 79.9. The van der Waals surface area contributed by atoms with Gasteiger partial charge in [0.05, 0.1) is 24.7 Å². The standard InChI is InChI=1S/C18H17BrF3N3O5/c1-29-14-7-10(8-15(30-2)16(14)19)17(26)24-6-5-23-12-4-3-11(18(20,21)22)9-13(12)25(27)28/h3-4,7-9,23H,5-6H2,1-2H3,(H,24,26). The Morgan fingerprint density at radius 2 is 1.73 bits per heavy atom. The zero-order chi connectivity index (χ0) is 22.5. The van der Waals surface area contributed by atoms with Gasteiger partial charge in [0.2, 0.25) is 0 Å². The van der Waals surface area contributed by atoms with E-state index in [1.165, 1.54) is 26.4 Å². The summed E-state index contributed by atoms with van der Waals surface area (Å²) in [7, 11) is 2.87. The lowest BCUT2D eigenvalue weighted by molar-refractivity contribution is -0.384. The fraction of sp³-hybridized carbons (Fsp3) is 0.278. The molecule has 0 atom stereocenters. The second kappa shape index (κ2) is 9.65. The highest BCUT2D eigenvalue weighted by molar-refractivity contribution is 9.10. The maximum Gasteiger partial charge on any atom is 0.416 e. The predicted molar refractivity (Wildman–Crippen MR) is 106 cm³/mol. The van der Waals surface area contributed by atoms with E-state index >= 15 is 0 Å². The van der Waals surface area contributed by atoms with Crippen molar-refractivity contribution in [3.63, 3.8) is 0 Å². The molecule has 0 bridgehead atoms. The molecule has 0 heterocycles. The van der Waals surface area contributed by atoms with Crippen LogP contribution in [0.2, 0.25) is 0 Å². The summed E-state index contributed by atoms with van der Waals surface area (Å²) in [5.41, 5.74) is -1.66. The maximum absolute atomic E-state index is 12.7. The number of halogens is 4. The van der Waals surface area contributed by atoms with Gasteiger partial charge in [-0.3, -0.25) is 14.9 Å². The summed E-state index contributed by atoms with van der Waals surface area (Å²) in [4.78, 5) is 22.5. The van der Waals surface area contributed by atoms with Crippen molar-refractivity contribution in [3.05, 3.63) is 56.0 Å². The third kappa shape index (κ3) is 5.53. The van der Waals surface area contributed by atoms with E-state index in [0.717, 1.165) is 12.1 Å². The number of nitro groups is 1. The van der Waals surface area contributed by atoms with E-state index in [4.69, 9.17) is 9.47 Å². The van der Waals surface area contributed by atoms with Gasteiger partial charge in [0.15, 0.2) is 0 Å². The Morgan fingerprint density at radius 3 is 2.23 bits per heavy atom. The minimum absolute atomic E-state index is 0.0444. The number of carbonyl (C=O) groups is 1. The number of amides is 1. The fourth-order valence-electron chi connectivity index (χ4n) is 2.48. The minimum atomic E-state index is -4.69. The lowest BCUT2D eigenvalue weighted by Gasteiger charge is -2.13. The van der Waals surface area contributed by atoms with Gasteiger partial charge in [-0.2, -0.15) is 13.2 Å². The molecule has 162 valence electrons. The van der Waals surface area contributed by atoms with Crippen LogP contribution in [0.15, 0.2) is 34.8 Å². The average Bonchev–Trinajstić information content (AvgIpc) is 2.70. The van der Waals surface area contributed by atoms with Crippen LogP contribution in [0.4, 0.5) is 24.5 Å². The third-order valence-corrected chi connectivity index (χ3v) is 4.74. The second-order valence-electron chi connectivity index (χ2n) is 5.86. The summed E-state index contributed by atoms with van der Waals surface area (Å²) in [5, 5.41) is 16.3. The largest absolute Gasteiger partial charge is 0.495 e. The monoisotopic (exact) mass is 491 g/mol. The summed E-state index contributed by atoms with van der Waals surface area (Å²) in [6, 6.07) is 5.18. The Balaban J connectivity index is 2.03. The molecule has 0 saturated heterocycles. The number of nitro benzene ring substituents is 1. The molecule has 8 nitrogen and oxygen atoms in total. The number of anilines is 1. The molecule has 0 aromatic heterocycles. The summed E-state index contributed by atoms with van der Waals surface area (Å²) < 4.78 is 49.1. The van der Waals surface area contributed by atoms with Crippen molar-refractivity contribution in [2.24, 2.45) is 0 Å². The summed E-state index contributed by atoms with van der Waals surface area (Å²) in [6.07, 6.45) is -4.69. The van der Waals surface area contributed by atoms with Gasteiger partial charge in [-0.05, 0) is 40.2 Å². The predicted octanol–water partition coefficient (Wildman–Crippen LogP) is 4.24. The molecule has 0 aliphatic rings. The van der Waals surface area contributed by atoms with E-state index in [2.05, 4.69) is 26.6 Å². The van der Waals surface area contributed by atoms with E-state index in [9.17, 15) is 28.1 Å². The molecule has 0 unspecified atom stereocenters. The van der Waals surface area contributed by atoms with Crippen molar-refractivity contribution >= 4 is 33.2 Å². The Labute approximate surface area is 177 Å². The molecule has 0 spiro atoms. The number of methoxy groups -OCH3 is 2. The average molecular weight is 492 g/mol. The first-order chi connectivity index (χ1) is 14.1. The Bertz CT molecular complexity index is 928. The van der Waals surface area contributed by atoms with Gasteiger partial charge in [0.1, 0.15) is 21.7 Å². The van der Waals surface area contributed by atoms with E-state index < -0.39 is 28.3 Å². The number of carbonyl (C=O) groups excluding carboxylic acids is 1. The number of hydrogen-bond acceptors (Lipinski definition) is 6. The molecule has 0 aliphatic carbocycles. The summed E-state index contributed by atoms with van der Waals surface area (Å²) >= 11 is 3.29. The van der Waals surface area contributed by atoms with Gasteiger partial charge in [-0.15, -0.1) is 0 Å². The number of benzene rings is 2. The lowest BCUT2D eigenvalue weighted by atomic mass is 10.1. The van der Waals surface area contributed by atoms with Gasteiger partial charge in [-0.25, -0.2) is 0 Å². The van der Waals surface area contributed by atoms with Crippen molar-refractivity contribution in [2.45, 2.75) is 6.18 Å². The number of nitrogens with one attached hydrogen (secondary N) is 2. The van der Waals surface area contributed by atoms with Gasteiger partial charge in [0.25, 0.3) is 11.6 Å². The van der Waals surface area contributed by atoms with Gasteiger partial charge in [0, 0.05) is 24.7 Å². The topological polar surface area (TPSA) is 103 Å². The zero-order valence-electron chi connectivity index (χ0n) is 15.8.